The molecule has 178 valence electrons. The van der Waals surface area contributed by atoms with E-state index in [1.165, 1.54) is 36.4 Å². The molecule has 1 fully saturated rings. The standard InChI is InChI=1S/C24H18FN3O6S/c1-13-9-15(10-19(14(13)2)28(32)33)20-8-7-18(34-20)11-21-23(30)27(24(31)35-21)12-22(29)26-17-5-3-16(25)4-6-17/h3-11H,12H2,1-2H3,(H,26,29)/b21-11+. The Hall–Kier alpha value is -4.25. The predicted molar refractivity (Wildman–Crippen MR) is 128 cm³/mol. The van der Waals surface area contributed by atoms with Crippen LogP contribution in [-0.4, -0.2) is 33.4 Å². The summed E-state index contributed by atoms with van der Waals surface area (Å²) in [7, 11) is 0. The highest BCUT2D eigenvalue weighted by molar-refractivity contribution is 8.18. The number of carbonyl (C=O) groups is 3. The highest BCUT2D eigenvalue weighted by Crippen LogP contribution is 2.34. The molecule has 0 radical (unpaired) electrons. The van der Waals surface area contributed by atoms with Gasteiger partial charge in [0.05, 0.1) is 9.83 Å². The van der Waals surface area contributed by atoms with E-state index in [-0.39, 0.29) is 16.4 Å². The van der Waals surface area contributed by atoms with E-state index in [9.17, 15) is 28.9 Å². The molecule has 0 aliphatic carbocycles. The van der Waals surface area contributed by atoms with Gasteiger partial charge in [-0.3, -0.25) is 29.4 Å². The fraction of sp³-hybridized carbons (Fsp3) is 0.125. The lowest BCUT2D eigenvalue weighted by atomic mass is 10.0. The third kappa shape index (κ3) is 5.14. The van der Waals surface area contributed by atoms with Gasteiger partial charge in [-0.1, -0.05) is 0 Å². The number of imide groups is 1. The van der Waals surface area contributed by atoms with Crippen LogP contribution in [-0.2, 0) is 9.59 Å². The van der Waals surface area contributed by atoms with Gasteiger partial charge in [0.1, 0.15) is 23.9 Å². The molecule has 0 saturated carbocycles. The molecule has 0 atom stereocenters. The number of nitro groups is 1. The van der Waals surface area contributed by atoms with Crippen molar-refractivity contribution in [1.82, 2.24) is 4.90 Å². The van der Waals surface area contributed by atoms with Crippen molar-refractivity contribution in [2.24, 2.45) is 0 Å². The van der Waals surface area contributed by atoms with Gasteiger partial charge in [0, 0.05) is 29.0 Å². The lowest BCUT2D eigenvalue weighted by Crippen LogP contribution is -2.36. The van der Waals surface area contributed by atoms with Gasteiger partial charge < -0.3 is 9.73 Å². The molecular formula is C24H18FN3O6S. The van der Waals surface area contributed by atoms with E-state index < -0.39 is 34.3 Å². The maximum Gasteiger partial charge on any atom is 0.294 e. The first-order valence-corrected chi connectivity index (χ1v) is 11.1. The van der Waals surface area contributed by atoms with Crippen molar-refractivity contribution in [3.63, 3.8) is 0 Å². The summed E-state index contributed by atoms with van der Waals surface area (Å²) in [5.41, 5.74) is 2.09. The molecule has 0 unspecified atom stereocenters. The van der Waals surface area contributed by atoms with E-state index >= 15 is 0 Å². The summed E-state index contributed by atoms with van der Waals surface area (Å²) >= 11 is 0.662. The van der Waals surface area contributed by atoms with E-state index in [0.29, 0.717) is 34.3 Å². The fourth-order valence-corrected chi connectivity index (χ4v) is 4.22. The largest absolute Gasteiger partial charge is 0.457 e. The molecule has 2 heterocycles. The van der Waals surface area contributed by atoms with Crippen LogP contribution in [0.25, 0.3) is 17.4 Å². The number of nitrogens with zero attached hydrogens (tertiary/aromatic N) is 2. The number of aryl methyl sites for hydroxylation is 1. The Bertz CT molecular complexity index is 1400. The summed E-state index contributed by atoms with van der Waals surface area (Å²) < 4.78 is 18.7. The molecular weight excluding hydrogens is 477 g/mol. The number of furan rings is 1. The Morgan fingerprint density at radius 3 is 2.57 bits per heavy atom. The van der Waals surface area contributed by atoms with Crippen LogP contribution in [0.1, 0.15) is 16.9 Å². The molecule has 1 aliphatic heterocycles. The average Bonchev–Trinajstić information content (AvgIpc) is 3.37. The summed E-state index contributed by atoms with van der Waals surface area (Å²) in [6.45, 7) is 2.92. The van der Waals surface area contributed by atoms with E-state index in [4.69, 9.17) is 4.42 Å². The molecule has 3 aromatic rings. The number of thioether (sulfide) groups is 1. The third-order valence-corrected chi connectivity index (χ3v) is 6.23. The Morgan fingerprint density at radius 2 is 1.89 bits per heavy atom. The molecule has 11 heteroatoms. The summed E-state index contributed by atoms with van der Waals surface area (Å²) in [5, 5.41) is 13.2. The second-order valence-electron chi connectivity index (χ2n) is 7.72. The summed E-state index contributed by atoms with van der Waals surface area (Å²) in [5.74, 6) is -1.11. The number of amides is 3. The van der Waals surface area contributed by atoms with Gasteiger partial charge in [-0.05, 0) is 73.6 Å². The van der Waals surface area contributed by atoms with Crippen LogP contribution in [0.15, 0.2) is 57.9 Å². The highest BCUT2D eigenvalue weighted by atomic mass is 32.2. The van der Waals surface area contributed by atoms with Gasteiger partial charge in [0.15, 0.2) is 0 Å². The number of anilines is 1. The summed E-state index contributed by atoms with van der Waals surface area (Å²) in [4.78, 5) is 49.0. The van der Waals surface area contributed by atoms with Gasteiger partial charge in [-0.2, -0.15) is 0 Å². The lowest BCUT2D eigenvalue weighted by molar-refractivity contribution is -0.385. The number of benzene rings is 2. The minimum atomic E-state index is -0.658. The Labute approximate surface area is 202 Å². The molecule has 1 aliphatic rings. The smallest absolute Gasteiger partial charge is 0.294 e. The maximum atomic E-state index is 13.0. The van der Waals surface area contributed by atoms with Crippen LogP contribution < -0.4 is 5.32 Å². The van der Waals surface area contributed by atoms with Crippen LogP contribution in [0.5, 0.6) is 0 Å². The number of halogens is 1. The Balaban J connectivity index is 1.49. The van der Waals surface area contributed by atoms with Gasteiger partial charge >= 0.3 is 0 Å². The van der Waals surface area contributed by atoms with Crippen molar-refractivity contribution in [3.8, 4) is 11.3 Å². The molecule has 4 rings (SSSR count). The summed E-state index contributed by atoms with van der Waals surface area (Å²) in [6, 6.07) is 11.4. The first-order valence-electron chi connectivity index (χ1n) is 10.3. The SMILES string of the molecule is Cc1cc(-c2ccc(/C=C3/SC(=O)N(CC(=O)Nc4ccc(F)cc4)C3=O)o2)cc([N+](=O)[O-])c1C. The molecule has 2 aromatic carbocycles. The van der Waals surface area contributed by atoms with Crippen molar-refractivity contribution in [2.75, 3.05) is 11.9 Å². The number of nitro benzene ring substituents is 1. The molecule has 0 spiro atoms. The Morgan fingerprint density at radius 1 is 1.17 bits per heavy atom. The minimum absolute atomic E-state index is 0.0296. The first-order chi connectivity index (χ1) is 16.6. The normalized spacial score (nSPS) is 14.6. The first kappa shape index (κ1) is 23.9. The monoisotopic (exact) mass is 495 g/mol. The van der Waals surface area contributed by atoms with Gasteiger partial charge in [-0.15, -0.1) is 0 Å². The zero-order valence-corrected chi connectivity index (χ0v) is 19.3. The number of nitrogens with one attached hydrogen (secondary N) is 1. The fourth-order valence-electron chi connectivity index (χ4n) is 3.40. The van der Waals surface area contributed by atoms with Crippen LogP contribution >= 0.6 is 11.8 Å². The minimum Gasteiger partial charge on any atom is -0.457 e. The van der Waals surface area contributed by atoms with Crippen LogP contribution in [0, 0.1) is 29.8 Å². The van der Waals surface area contributed by atoms with Crippen molar-refractivity contribution in [1.29, 1.82) is 0 Å². The number of hydrogen-bond donors (Lipinski definition) is 1. The quantitative estimate of drug-likeness (QED) is 0.280. The zero-order chi connectivity index (χ0) is 25.3. The van der Waals surface area contributed by atoms with E-state index in [0.717, 1.165) is 10.5 Å². The van der Waals surface area contributed by atoms with E-state index in [1.54, 1.807) is 32.0 Å². The Kier molecular flexibility index (Phi) is 6.52. The zero-order valence-electron chi connectivity index (χ0n) is 18.5. The lowest BCUT2D eigenvalue weighted by Gasteiger charge is -2.12. The topological polar surface area (TPSA) is 123 Å². The second-order valence-corrected chi connectivity index (χ2v) is 8.71. The molecule has 9 nitrogen and oxygen atoms in total. The van der Waals surface area contributed by atoms with Crippen molar-refractivity contribution >= 4 is 46.3 Å². The van der Waals surface area contributed by atoms with Crippen LogP contribution in [0.4, 0.5) is 20.6 Å². The van der Waals surface area contributed by atoms with Crippen molar-refractivity contribution in [2.45, 2.75) is 13.8 Å². The van der Waals surface area contributed by atoms with Crippen molar-refractivity contribution < 1.29 is 28.1 Å². The number of hydrogen-bond acceptors (Lipinski definition) is 7. The summed E-state index contributed by atoms with van der Waals surface area (Å²) in [6.07, 6.45) is 1.38. The molecule has 35 heavy (non-hydrogen) atoms. The maximum absolute atomic E-state index is 13.0. The molecule has 0 bridgehead atoms. The van der Waals surface area contributed by atoms with E-state index in [1.807, 2.05) is 0 Å². The number of carbonyl (C=O) groups excluding carboxylic acids is 3. The number of rotatable bonds is 6. The molecule has 1 N–H and O–H groups in total. The highest BCUT2D eigenvalue weighted by Gasteiger charge is 2.36. The predicted octanol–water partition coefficient (Wildman–Crippen LogP) is 5.29. The van der Waals surface area contributed by atoms with Gasteiger partial charge in [-0.25, -0.2) is 4.39 Å². The molecule has 3 amide bonds. The van der Waals surface area contributed by atoms with Crippen molar-refractivity contribution in [3.05, 3.63) is 86.3 Å². The van der Waals surface area contributed by atoms with Gasteiger partial charge in [0.25, 0.3) is 16.8 Å². The third-order valence-electron chi connectivity index (χ3n) is 5.32. The second kappa shape index (κ2) is 9.55. The van der Waals surface area contributed by atoms with Gasteiger partial charge in [0.2, 0.25) is 5.91 Å². The van der Waals surface area contributed by atoms with E-state index in [2.05, 4.69) is 5.32 Å². The average molecular weight is 495 g/mol. The van der Waals surface area contributed by atoms with Crippen LogP contribution in [0.2, 0.25) is 0 Å². The van der Waals surface area contributed by atoms with Crippen LogP contribution in [0.3, 0.4) is 0 Å². The molecule has 1 saturated heterocycles. The molecule has 1 aromatic heterocycles.